The van der Waals surface area contributed by atoms with Gasteiger partial charge in [0, 0.05) is 24.7 Å². The van der Waals surface area contributed by atoms with Gasteiger partial charge in [0.05, 0.1) is 12.7 Å². The van der Waals surface area contributed by atoms with Crippen LogP contribution in [0.2, 0.25) is 0 Å². The molecule has 2 amide bonds. The summed E-state index contributed by atoms with van der Waals surface area (Å²) in [4.78, 5) is 27.0. The Hall–Kier alpha value is -2.05. The van der Waals surface area contributed by atoms with E-state index in [2.05, 4.69) is 17.1 Å². The number of aryl methyl sites for hydroxylation is 1. The van der Waals surface area contributed by atoms with Crippen molar-refractivity contribution in [2.75, 3.05) is 32.8 Å². The van der Waals surface area contributed by atoms with Gasteiger partial charge in [0.2, 0.25) is 5.91 Å². The molecule has 0 radical (unpaired) electrons. The number of ether oxygens (including phenoxy) is 1. The number of amides is 2. The van der Waals surface area contributed by atoms with Crippen LogP contribution in [0.25, 0.3) is 0 Å². The minimum Gasteiger partial charge on any atom is -0.448 e. The maximum Gasteiger partial charge on any atom is 0.410 e. The topological polar surface area (TPSA) is 78.5 Å². The second-order valence-corrected chi connectivity index (χ2v) is 5.85. The average molecular weight is 306 g/mol. The molecule has 0 aromatic carbocycles. The molecule has 7 heteroatoms. The molecule has 1 aromatic heterocycles. The number of carbonyl (C=O) groups excluding carboxylic acids is 2. The maximum atomic E-state index is 12.3. The van der Waals surface area contributed by atoms with Crippen LogP contribution in [0.1, 0.15) is 36.9 Å². The van der Waals surface area contributed by atoms with Gasteiger partial charge in [-0.1, -0.05) is 6.92 Å². The zero-order valence-corrected chi connectivity index (χ0v) is 12.9. The number of nitrogens with one attached hydrogen (secondary N) is 1. The second kappa shape index (κ2) is 6.37. The third kappa shape index (κ3) is 2.93. The van der Waals surface area contributed by atoms with Crippen molar-refractivity contribution in [3.63, 3.8) is 0 Å². The molecule has 1 aromatic rings. The first-order chi connectivity index (χ1) is 10.7. The maximum absolute atomic E-state index is 12.3. The summed E-state index contributed by atoms with van der Waals surface area (Å²) in [7, 11) is 0. The molecule has 7 nitrogen and oxygen atoms in total. The molecule has 2 aliphatic heterocycles. The third-order valence-corrected chi connectivity index (χ3v) is 4.56. The second-order valence-electron chi connectivity index (χ2n) is 5.85. The van der Waals surface area contributed by atoms with Crippen molar-refractivity contribution in [1.29, 1.82) is 0 Å². The van der Waals surface area contributed by atoms with E-state index in [1.165, 1.54) is 16.2 Å². The molecule has 2 aliphatic rings. The lowest BCUT2D eigenvalue weighted by Gasteiger charge is -2.32. The Kier molecular flexibility index (Phi) is 4.31. The van der Waals surface area contributed by atoms with Crippen LogP contribution in [-0.2, 0) is 16.0 Å². The van der Waals surface area contributed by atoms with E-state index in [1.54, 1.807) is 0 Å². The molecule has 0 spiro atoms. The smallest absolute Gasteiger partial charge is 0.410 e. The van der Waals surface area contributed by atoms with Crippen molar-refractivity contribution in [3.05, 3.63) is 17.5 Å². The third-order valence-electron chi connectivity index (χ3n) is 4.56. The van der Waals surface area contributed by atoms with Crippen LogP contribution in [0.3, 0.4) is 0 Å². The zero-order valence-electron chi connectivity index (χ0n) is 12.9. The van der Waals surface area contributed by atoms with Crippen LogP contribution >= 0.6 is 0 Å². The molecule has 3 rings (SSSR count). The van der Waals surface area contributed by atoms with Crippen molar-refractivity contribution in [2.45, 2.75) is 32.1 Å². The highest BCUT2D eigenvalue weighted by Crippen LogP contribution is 2.29. The van der Waals surface area contributed by atoms with Gasteiger partial charge in [-0.15, -0.1) is 0 Å². The Morgan fingerprint density at radius 1 is 1.41 bits per heavy atom. The SMILES string of the molecule is CCc1cn[nH]c1C1CCN(C(=O)CN2CCOC2=O)CC1. The minimum absolute atomic E-state index is 0.0117. The lowest BCUT2D eigenvalue weighted by atomic mass is 9.91. The van der Waals surface area contributed by atoms with Gasteiger partial charge in [-0.2, -0.15) is 5.10 Å². The van der Waals surface area contributed by atoms with Crippen LogP contribution in [-0.4, -0.2) is 64.8 Å². The number of nitrogens with zero attached hydrogens (tertiary/aromatic N) is 3. The standard InChI is InChI=1S/C15H22N4O3/c1-2-11-9-16-17-14(11)12-3-5-18(6-4-12)13(20)10-19-7-8-22-15(19)21/h9,12H,2-8,10H2,1H3,(H,16,17). The molecule has 0 unspecified atom stereocenters. The van der Waals surface area contributed by atoms with Crippen LogP contribution in [0.5, 0.6) is 0 Å². The highest BCUT2D eigenvalue weighted by molar-refractivity contribution is 5.83. The number of aromatic nitrogens is 2. The molecule has 2 saturated heterocycles. The lowest BCUT2D eigenvalue weighted by molar-refractivity contribution is -0.132. The molecule has 0 saturated carbocycles. The molecule has 3 heterocycles. The Morgan fingerprint density at radius 2 is 2.18 bits per heavy atom. The monoisotopic (exact) mass is 306 g/mol. The fourth-order valence-corrected chi connectivity index (χ4v) is 3.21. The summed E-state index contributed by atoms with van der Waals surface area (Å²) in [5, 5.41) is 7.25. The minimum atomic E-state index is -0.381. The van der Waals surface area contributed by atoms with Gasteiger partial charge >= 0.3 is 6.09 Å². The number of aromatic amines is 1. The van der Waals surface area contributed by atoms with Crippen molar-refractivity contribution in [3.8, 4) is 0 Å². The van der Waals surface area contributed by atoms with E-state index in [1.807, 2.05) is 11.1 Å². The summed E-state index contributed by atoms with van der Waals surface area (Å²) >= 11 is 0. The van der Waals surface area contributed by atoms with Crippen molar-refractivity contribution in [1.82, 2.24) is 20.0 Å². The van der Waals surface area contributed by atoms with Gasteiger partial charge in [-0.3, -0.25) is 14.8 Å². The fraction of sp³-hybridized carbons (Fsp3) is 0.667. The first-order valence-corrected chi connectivity index (χ1v) is 7.90. The van der Waals surface area contributed by atoms with Crippen LogP contribution in [0.4, 0.5) is 4.79 Å². The predicted octanol–water partition coefficient (Wildman–Crippen LogP) is 1.13. The van der Waals surface area contributed by atoms with Gasteiger partial charge in [-0.25, -0.2) is 4.79 Å². The van der Waals surface area contributed by atoms with Gasteiger partial charge < -0.3 is 9.64 Å². The normalized spacial score (nSPS) is 19.6. The first kappa shape index (κ1) is 14.9. The molecule has 2 fully saturated rings. The van der Waals surface area contributed by atoms with E-state index < -0.39 is 0 Å². The van der Waals surface area contributed by atoms with Gasteiger partial charge in [-0.05, 0) is 24.8 Å². The predicted molar refractivity (Wildman–Crippen MR) is 79.4 cm³/mol. The van der Waals surface area contributed by atoms with E-state index in [0.717, 1.165) is 32.4 Å². The summed E-state index contributed by atoms with van der Waals surface area (Å²) in [5.74, 6) is 0.455. The molecule has 1 N–H and O–H groups in total. The summed E-state index contributed by atoms with van der Waals surface area (Å²) in [6.07, 6.45) is 4.36. The molecule has 0 atom stereocenters. The molecular formula is C15H22N4O3. The van der Waals surface area contributed by atoms with Gasteiger partial charge in [0.25, 0.3) is 0 Å². The van der Waals surface area contributed by atoms with E-state index >= 15 is 0 Å². The molecule has 120 valence electrons. The molecule has 0 bridgehead atoms. The highest BCUT2D eigenvalue weighted by atomic mass is 16.6. The quantitative estimate of drug-likeness (QED) is 0.904. The van der Waals surface area contributed by atoms with Crippen LogP contribution in [0, 0.1) is 0 Å². The molecular weight excluding hydrogens is 284 g/mol. The van der Waals surface area contributed by atoms with Crippen LogP contribution in [0.15, 0.2) is 6.20 Å². The Morgan fingerprint density at radius 3 is 2.82 bits per heavy atom. The summed E-state index contributed by atoms with van der Waals surface area (Å²) in [6.45, 7) is 4.61. The number of carbonyl (C=O) groups is 2. The van der Waals surface area contributed by atoms with Gasteiger partial charge in [0.1, 0.15) is 13.2 Å². The van der Waals surface area contributed by atoms with E-state index in [4.69, 9.17) is 4.74 Å². The number of hydrogen-bond acceptors (Lipinski definition) is 4. The fourth-order valence-electron chi connectivity index (χ4n) is 3.21. The average Bonchev–Trinajstić information content (AvgIpc) is 3.16. The highest BCUT2D eigenvalue weighted by Gasteiger charge is 2.29. The zero-order chi connectivity index (χ0) is 15.5. The first-order valence-electron chi connectivity index (χ1n) is 7.90. The van der Waals surface area contributed by atoms with Crippen molar-refractivity contribution in [2.24, 2.45) is 0 Å². The number of hydrogen-bond donors (Lipinski definition) is 1. The molecule has 0 aliphatic carbocycles. The summed E-state index contributed by atoms with van der Waals surface area (Å²) in [5.41, 5.74) is 2.49. The number of H-pyrrole nitrogens is 1. The van der Waals surface area contributed by atoms with Crippen molar-refractivity contribution >= 4 is 12.0 Å². The number of likely N-dealkylation sites (tertiary alicyclic amines) is 1. The lowest BCUT2D eigenvalue weighted by Crippen LogP contribution is -2.44. The van der Waals surface area contributed by atoms with E-state index in [-0.39, 0.29) is 18.5 Å². The number of piperidine rings is 1. The van der Waals surface area contributed by atoms with Crippen LogP contribution < -0.4 is 0 Å². The Bertz CT molecular complexity index is 549. The molecule has 22 heavy (non-hydrogen) atoms. The van der Waals surface area contributed by atoms with E-state index in [0.29, 0.717) is 19.1 Å². The largest absolute Gasteiger partial charge is 0.448 e. The van der Waals surface area contributed by atoms with Gasteiger partial charge in [0.15, 0.2) is 0 Å². The Labute approximate surface area is 129 Å². The summed E-state index contributed by atoms with van der Waals surface area (Å²) in [6, 6.07) is 0. The summed E-state index contributed by atoms with van der Waals surface area (Å²) < 4.78 is 4.85. The number of rotatable bonds is 4. The number of cyclic esters (lactones) is 1. The van der Waals surface area contributed by atoms with Crippen molar-refractivity contribution < 1.29 is 14.3 Å². The van der Waals surface area contributed by atoms with E-state index in [9.17, 15) is 9.59 Å². The Balaban J connectivity index is 1.53.